The van der Waals surface area contributed by atoms with Crippen LogP contribution >= 0.6 is 22.9 Å². The molecule has 6 nitrogen and oxygen atoms in total. The molecule has 0 aliphatic heterocycles. The van der Waals surface area contributed by atoms with Crippen molar-refractivity contribution < 1.29 is 13.2 Å². The number of aryl methyl sites for hydroxylation is 1. The molecule has 2 heterocycles. The van der Waals surface area contributed by atoms with Crippen LogP contribution < -0.4 is 9.04 Å². The van der Waals surface area contributed by atoms with Gasteiger partial charge in [-0.05, 0) is 35.7 Å². The van der Waals surface area contributed by atoms with E-state index in [9.17, 15) is 8.42 Å². The third-order valence-electron chi connectivity index (χ3n) is 3.61. The Hall–Kier alpha value is -2.03. The van der Waals surface area contributed by atoms with E-state index in [1.54, 1.807) is 38.4 Å². The zero-order chi connectivity index (χ0) is 18.0. The Morgan fingerprint density at radius 2 is 2.00 bits per heavy atom. The minimum atomic E-state index is -3.92. The number of hydrogen-bond acceptors (Lipinski definition) is 5. The van der Waals surface area contributed by atoms with E-state index in [2.05, 4.69) is 4.98 Å². The maximum absolute atomic E-state index is 13.2. The largest absolute Gasteiger partial charge is 0.497 e. The third kappa shape index (κ3) is 3.51. The number of aromatic nitrogens is 2. The molecule has 0 N–H and O–H groups in total. The number of thiophene rings is 1. The van der Waals surface area contributed by atoms with Gasteiger partial charge in [0.05, 0.1) is 25.7 Å². The summed E-state index contributed by atoms with van der Waals surface area (Å²) in [5.41, 5.74) is 0.510. The number of sulfonamides is 1. The molecule has 0 saturated carbocycles. The number of anilines is 1. The van der Waals surface area contributed by atoms with E-state index in [0.717, 1.165) is 4.88 Å². The van der Waals surface area contributed by atoms with Gasteiger partial charge in [-0.2, -0.15) is 8.42 Å². The van der Waals surface area contributed by atoms with Crippen LogP contribution in [0.1, 0.15) is 4.88 Å². The first kappa shape index (κ1) is 17.8. The van der Waals surface area contributed by atoms with Crippen molar-refractivity contribution in [1.82, 2.24) is 9.55 Å². The lowest BCUT2D eigenvalue weighted by molar-refractivity contribution is 0.415. The van der Waals surface area contributed by atoms with Crippen LogP contribution in [0.25, 0.3) is 0 Å². The predicted octanol–water partition coefficient (Wildman–Crippen LogP) is 3.54. The normalized spacial score (nSPS) is 11.5. The molecule has 0 amide bonds. The fourth-order valence-corrected chi connectivity index (χ4v) is 4.89. The minimum Gasteiger partial charge on any atom is -0.497 e. The standard InChI is InChI=1S/C16H16ClN3O3S2/c1-19-11-18-16(15(19)17)25(21,22)20(10-14-4-3-9-24-14)12-5-7-13(23-2)8-6-12/h3-9,11H,10H2,1-2H3. The highest BCUT2D eigenvalue weighted by Crippen LogP contribution is 2.30. The van der Waals surface area contributed by atoms with Gasteiger partial charge in [-0.3, -0.25) is 4.31 Å². The van der Waals surface area contributed by atoms with Gasteiger partial charge in [-0.1, -0.05) is 17.7 Å². The molecule has 2 aromatic heterocycles. The summed E-state index contributed by atoms with van der Waals surface area (Å²) in [5, 5.41) is 1.82. The van der Waals surface area contributed by atoms with Crippen molar-refractivity contribution in [1.29, 1.82) is 0 Å². The lowest BCUT2D eigenvalue weighted by Crippen LogP contribution is -2.30. The molecule has 0 saturated heterocycles. The molecule has 1 aromatic carbocycles. The number of nitrogens with zero attached hydrogens (tertiary/aromatic N) is 3. The maximum atomic E-state index is 13.2. The van der Waals surface area contributed by atoms with Gasteiger partial charge in [0, 0.05) is 11.9 Å². The molecule has 0 atom stereocenters. The maximum Gasteiger partial charge on any atom is 0.285 e. The van der Waals surface area contributed by atoms with Gasteiger partial charge in [-0.25, -0.2) is 4.98 Å². The van der Waals surface area contributed by atoms with Crippen molar-refractivity contribution in [3.63, 3.8) is 0 Å². The number of methoxy groups -OCH3 is 1. The predicted molar refractivity (Wildman–Crippen MR) is 98.9 cm³/mol. The highest BCUT2D eigenvalue weighted by molar-refractivity contribution is 7.92. The Kier molecular flexibility index (Phi) is 5.03. The average molecular weight is 398 g/mol. The topological polar surface area (TPSA) is 64.4 Å². The summed E-state index contributed by atoms with van der Waals surface area (Å²) in [6.07, 6.45) is 1.38. The van der Waals surface area contributed by atoms with Gasteiger partial charge in [0.2, 0.25) is 5.03 Å². The van der Waals surface area contributed by atoms with Crippen LogP contribution in [0.3, 0.4) is 0 Å². The molecular formula is C16H16ClN3O3S2. The van der Waals surface area contributed by atoms with E-state index < -0.39 is 10.0 Å². The number of rotatable bonds is 6. The van der Waals surface area contributed by atoms with Crippen LogP contribution in [0, 0.1) is 0 Å². The number of hydrogen-bond donors (Lipinski definition) is 0. The first-order chi connectivity index (χ1) is 11.9. The molecule has 0 radical (unpaired) electrons. The second-order valence-electron chi connectivity index (χ2n) is 5.24. The van der Waals surface area contributed by atoms with Crippen LogP contribution in [0.15, 0.2) is 53.1 Å². The second kappa shape index (κ2) is 7.07. The summed E-state index contributed by atoms with van der Waals surface area (Å²) in [7, 11) is -0.722. The Morgan fingerprint density at radius 1 is 1.28 bits per heavy atom. The smallest absolute Gasteiger partial charge is 0.285 e. The first-order valence-electron chi connectivity index (χ1n) is 7.29. The first-order valence-corrected chi connectivity index (χ1v) is 9.99. The fraction of sp³-hybridized carbons (Fsp3) is 0.188. The molecule has 0 bridgehead atoms. The highest BCUT2D eigenvalue weighted by Gasteiger charge is 2.30. The zero-order valence-electron chi connectivity index (χ0n) is 13.6. The third-order valence-corrected chi connectivity index (χ3v) is 6.74. The van der Waals surface area contributed by atoms with Crippen molar-refractivity contribution in [2.24, 2.45) is 7.05 Å². The number of ether oxygens (including phenoxy) is 1. The Labute approximate surface area is 155 Å². The molecule has 3 aromatic rings. The van der Waals surface area contributed by atoms with E-state index >= 15 is 0 Å². The molecule has 25 heavy (non-hydrogen) atoms. The summed E-state index contributed by atoms with van der Waals surface area (Å²) in [6.45, 7) is 0.194. The summed E-state index contributed by atoms with van der Waals surface area (Å²) in [5.74, 6) is 0.646. The number of benzene rings is 1. The monoisotopic (exact) mass is 397 g/mol. The Bertz CT molecular complexity index is 951. The summed E-state index contributed by atoms with van der Waals surface area (Å²) in [6, 6.07) is 10.6. The van der Waals surface area contributed by atoms with Crippen molar-refractivity contribution in [3.05, 3.63) is 58.1 Å². The van der Waals surface area contributed by atoms with Crippen molar-refractivity contribution in [2.75, 3.05) is 11.4 Å². The van der Waals surface area contributed by atoms with Crippen LogP contribution in [0.2, 0.25) is 5.15 Å². The van der Waals surface area contributed by atoms with Gasteiger partial charge in [0.15, 0.2) is 0 Å². The molecule has 0 spiro atoms. The van der Waals surface area contributed by atoms with Crippen molar-refractivity contribution >= 4 is 38.6 Å². The van der Waals surface area contributed by atoms with Crippen molar-refractivity contribution in [3.8, 4) is 5.75 Å². The van der Waals surface area contributed by atoms with E-state index in [0.29, 0.717) is 11.4 Å². The average Bonchev–Trinajstić information content (AvgIpc) is 3.23. The lowest BCUT2D eigenvalue weighted by atomic mass is 10.3. The fourth-order valence-electron chi connectivity index (χ4n) is 2.28. The van der Waals surface area contributed by atoms with E-state index in [1.165, 1.54) is 26.5 Å². The molecular weight excluding hydrogens is 382 g/mol. The van der Waals surface area contributed by atoms with E-state index in [-0.39, 0.29) is 16.7 Å². The molecule has 0 aliphatic rings. The molecule has 0 aliphatic carbocycles. The van der Waals surface area contributed by atoms with Crippen LogP contribution in [0.4, 0.5) is 5.69 Å². The summed E-state index contributed by atoms with van der Waals surface area (Å²) in [4.78, 5) is 4.89. The van der Waals surface area contributed by atoms with E-state index in [1.807, 2.05) is 17.5 Å². The summed E-state index contributed by atoms with van der Waals surface area (Å²) < 4.78 is 34.3. The van der Waals surface area contributed by atoms with Crippen molar-refractivity contribution in [2.45, 2.75) is 11.6 Å². The van der Waals surface area contributed by atoms with Crippen LogP contribution in [0.5, 0.6) is 5.75 Å². The summed E-state index contributed by atoms with van der Waals surface area (Å²) >= 11 is 7.62. The molecule has 0 fully saturated rings. The van der Waals surface area contributed by atoms with Crippen LogP contribution in [-0.2, 0) is 23.6 Å². The number of imidazole rings is 1. The van der Waals surface area contributed by atoms with Crippen LogP contribution in [-0.4, -0.2) is 25.1 Å². The highest BCUT2D eigenvalue weighted by atomic mass is 35.5. The lowest BCUT2D eigenvalue weighted by Gasteiger charge is -2.23. The second-order valence-corrected chi connectivity index (χ2v) is 8.41. The van der Waals surface area contributed by atoms with Gasteiger partial charge in [0.1, 0.15) is 10.9 Å². The van der Waals surface area contributed by atoms with Gasteiger partial charge in [0.25, 0.3) is 10.0 Å². The molecule has 3 rings (SSSR count). The molecule has 9 heteroatoms. The van der Waals surface area contributed by atoms with Gasteiger partial charge in [-0.15, -0.1) is 11.3 Å². The van der Waals surface area contributed by atoms with Gasteiger partial charge < -0.3 is 9.30 Å². The van der Waals surface area contributed by atoms with E-state index in [4.69, 9.17) is 16.3 Å². The molecule has 132 valence electrons. The SMILES string of the molecule is COc1ccc(N(Cc2cccs2)S(=O)(=O)c2ncn(C)c2Cl)cc1. The zero-order valence-corrected chi connectivity index (χ0v) is 16.0. The Morgan fingerprint density at radius 3 is 2.52 bits per heavy atom. The minimum absolute atomic E-state index is 0.0738. The van der Waals surface area contributed by atoms with Gasteiger partial charge >= 0.3 is 0 Å². The quantitative estimate of drug-likeness (QED) is 0.638. The molecule has 0 unspecified atom stereocenters. The number of halogens is 1. The Balaban J connectivity index is 2.07.